The van der Waals surface area contributed by atoms with Gasteiger partial charge in [-0.1, -0.05) is 33.0 Å². The molecule has 14 heteroatoms. The second kappa shape index (κ2) is 8.86. The molecule has 4 heterocycles. The summed E-state index contributed by atoms with van der Waals surface area (Å²) in [4.78, 5) is 13.2. The van der Waals surface area contributed by atoms with Gasteiger partial charge in [0.1, 0.15) is 36.3 Å². The summed E-state index contributed by atoms with van der Waals surface area (Å²) in [6, 6.07) is 5.93. The fourth-order valence-electron chi connectivity index (χ4n) is 4.14. The second-order valence-corrected chi connectivity index (χ2v) is 18.1. The van der Waals surface area contributed by atoms with Crippen LogP contribution in [-0.2, 0) is 22.8 Å². The Hall–Kier alpha value is -1.86. The molecule has 3 aromatic rings. The molecule has 2 N–H and O–H groups in total. The van der Waals surface area contributed by atoms with E-state index in [2.05, 4.69) is 56.1 Å². The normalized spacial score (nSPS) is 29.0. The summed E-state index contributed by atoms with van der Waals surface area (Å²) in [5.74, 6) is 0.261. The van der Waals surface area contributed by atoms with Crippen LogP contribution < -0.4 is 5.73 Å². The molecule has 0 saturated carbocycles. The van der Waals surface area contributed by atoms with Crippen LogP contribution in [0.5, 0.6) is 0 Å². The van der Waals surface area contributed by atoms with Crippen molar-refractivity contribution in [1.82, 2.24) is 19.5 Å². The minimum Gasteiger partial charge on any atom is -0.407 e. The maximum atomic E-state index is 13.7. The topological polar surface area (TPSA) is 124 Å². The van der Waals surface area contributed by atoms with E-state index in [-0.39, 0.29) is 23.3 Å². The molecule has 5 rings (SSSR count). The second-order valence-electron chi connectivity index (χ2n) is 10.5. The van der Waals surface area contributed by atoms with Gasteiger partial charge in [-0.05, 0) is 42.4 Å². The summed E-state index contributed by atoms with van der Waals surface area (Å²) in [6.45, 7) is 7.03. The number of nitrogen functional groups attached to an aromatic ring is 1. The van der Waals surface area contributed by atoms with Gasteiger partial charge >= 0.3 is 6.80 Å². The van der Waals surface area contributed by atoms with Crippen molar-refractivity contribution in [3.63, 3.8) is 0 Å². The lowest BCUT2D eigenvalue weighted by molar-refractivity contribution is -0.0551. The predicted molar refractivity (Wildman–Crippen MR) is 139 cm³/mol. The number of hydrogen-bond donors (Lipinski definition) is 2. The van der Waals surface area contributed by atoms with E-state index < -0.39 is 39.7 Å². The van der Waals surface area contributed by atoms with E-state index in [1.165, 1.54) is 18.5 Å². The van der Waals surface area contributed by atoms with E-state index in [0.29, 0.717) is 22.6 Å². The van der Waals surface area contributed by atoms with Crippen LogP contribution in [0.25, 0.3) is 22.6 Å². The number of nitrogens with two attached hydrogens (primary N) is 1. The third-order valence-corrected chi connectivity index (χ3v) is 13.1. The van der Waals surface area contributed by atoms with E-state index in [1.807, 2.05) is 0 Å². The number of rotatable bonds is 4. The molecule has 0 spiro atoms. The van der Waals surface area contributed by atoms with Gasteiger partial charge in [0.25, 0.3) is 0 Å². The van der Waals surface area contributed by atoms with Gasteiger partial charge in [0.15, 0.2) is 31.5 Å². The van der Waals surface area contributed by atoms with E-state index >= 15 is 0 Å². The van der Waals surface area contributed by atoms with Crippen molar-refractivity contribution in [2.45, 2.75) is 63.4 Å². The SMILES string of the molecule is CC(C)(C)[Si](C)(C)O[C@H]1C2O[P@](=O)(S)OCC2O[C@H]1n1c(-c2ccc(F)cc2)nc2c(N)ncnc21. The van der Waals surface area contributed by atoms with Crippen molar-refractivity contribution in [3.05, 3.63) is 36.4 Å². The third kappa shape index (κ3) is 4.51. The monoisotopic (exact) mass is 553 g/mol. The first-order valence-corrected chi connectivity index (χ1v) is 17.1. The summed E-state index contributed by atoms with van der Waals surface area (Å²) in [6.07, 6.45) is -1.41. The molecular weight excluding hydrogens is 524 g/mol. The van der Waals surface area contributed by atoms with Gasteiger partial charge in [0.2, 0.25) is 0 Å². The number of aromatic nitrogens is 4. The number of fused-ring (bicyclic) bond motifs is 2. The molecule has 194 valence electrons. The van der Waals surface area contributed by atoms with Gasteiger partial charge in [-0.2, -0.15) is 0 Å². The summed E-state index contributed by atoms with van der Waals surface area (Å²) in [5, 5.41) is -0.130. The van der Waals surface area contributed by atoms with Crippen LogP contribution >= 0.6 is 19.0 Å². The molecule has 0 amide bonds. The molecule has 2 aliphatic heterocycles. The number of ether oxygens (including phenoxy) is 1. The minimum absolute atomic E-state index is 0.0228. The summed E-state index contributed by atoms with van der Waals surface area (Å²) < 4.78 is 52.6. The Morgan fingerprint density at radius 1 is 1.25 bits per heavy atom. The molecule has 2 saturated heterocycles. The van der Waals surface area contributed by atoms with Crippen LogP contribution in [0.15, 0.2) is 30.6 Å². The highest BCUT2D eigenvalue weighted by Gasteiger charge is 2.56. The lowest BCUT2D eigenvalue weighted by atomic mass is 10.1. The largest absolute Gasteiger partial charge is 0.407 e. The highest BCUT2D eigenvalue weighted by atomic mass is 32.7. The van der Waals surface area contributed by atoms with Gasteiger partial charge in [-0.3, -0.25) is 13.6 Å². The van der Waals surface area contributed by atoms with E-state index in [1.54, 1.807) is 16.7 Å². The van der Waals surface area contributed by atoms with E-state index in [0.717, 1.165) is 0 Å². The Labute approximate surface area is 214 Å². The molecular formula is C22H29FN5O5PSSi. The van der Waals surface area contributed by atoms with Crippen molar-refractivity contribution in [3.8, 4) is 11.4 Å². The highest BCUT2D eigenvalue weighted by Crippen LogP contribution is 2.60. The molecule has 2 aromatic heterocycles. The molecule has 36 heavy (non-hydrogen) atoms. The fourth-order valence-corrected chi connectivity index (χ4v) is 6.91. The number of benzene rings is 1. The third-order valence-electron chi connectivity index (χ3n) is 7.04. The molecule has 0 bridgehead atoms. The smallest absolute Gasteiger partial charge is 0.386 e. The maximum Gasteiger partial charge on any atom is 0.386 e. The van der Waals surface area contributed by atoms with Crippen LogP contribution in [0.4, 0.5) is 10.2 Å². The Kier molecular flexibility index (Phi) is 6.35. The summed E-state index contributed by atoms with van der Waals surface area (Å²) in [7, 11) is -2.39. The van der Waals surface area contributed by atoms with Crippen LogP contribution in [-0.4, -0.2) is 52.8 Å². The molecule has 0 aliphatic carbocycles. The van der Waals surface area contributed by atoms with Crippen LogP contribution in [0.1, 0.15) is 27.0 Å². The number of halogens is 1. The molecule has 5 atom stereocenters. The molecule has 1 aromatic carbocycles. The first kappa shape index (κ1) is 25.8. The van der Waals surface area contributed by atoms with Crippen LogP contribution in [0.3, 0.4) is 0 Å². The van der Waals surface area contributed by atoms with E-state index in [4.69, 9.17) is 28.9 Å². The number of imidazole rings is 1. The zero-order chi connectivity index (χ0) is 26.0. The average Bonchev–Trinajstić information content (AvgIpc) is 3.32. The fraction of sp³-hybridized carbons (Fsp3) is 0.500. The Bertz CT molecular complexity index is 1350. The number of anilines is 1. The number of hydrogen-bond acceptors (Lipinski definition) is 9. The van der Waals surface area contributed by atoms with Gasteiger partial charge in [-0.25, -0.2) is 23.9 Å². The van der Waals surface area contributed by atoms with Crippen LogP contribution in [0, 0.1) is 5.82 Å². The zero-order valence-corrected chi connectivity index (χ0v) is 23.4. The zero-order valence-electron chi connectivity index (χ0n) is 20.6. The lowest BCUT2D eigenvalue weighted by Gasteiger charge is -2.41. The Morgan fingerprint density at radius 3 is 2.61 bits per heavy atom. The van der Waals surface area contributed by atoms with Gasteiger partial charge in [0, 0.05) is 5.56 Å². The van der Waals surface area contributed by atoms with Gasteiger partial charge < -0.3 is 14.9 Å². The first-order chi connectivity index (χ1) is 16.8. The molecule has 10 nitrogen and oxygen atoms in total. The summed E-state index contributed by atoms with van der Waals surface area (Å²) >= 11 is 4.09. The van der Waals surface area contributed by atoms with Crippen LogP contribution in [0.2, 0.25) is 18.1 Å². The standard InChI is InChI=1S/C22H29FN5O5PSSi/c1-22(2,3)36(4,5)33-17-16-14(10-30-34(29,35)32-16)31-21(17)28-19(12-6-8-13(23)9-7-12)27-15-18(24)25-11-26-20(15)28/h6-9,11,14,16-17,21H,10H2,1-5H3,(H,29,35)(H2,24,25,26)/t14?,16?,17-,21+,34+/m0/s1. The summed E-state index contributed by atoms with van der Waals surface area (Å²) in [5.41, 5.74) is 7.56. The molecule has 0 radical (unpaired) electrons. The van der Waals surface area contributed by atoms with Crippen molar-refractivity contribution < 1.29 is 27.2 Å². The number of nitrogens with zero attached hydrogens (tertiary/aromatic N) is 4. The molecule has 2 unspecified atom stereocenters. The molecule has 2 fully saturated rings. The lowest BCUT2D eigenvalue weighted by Crippen LogP contribution is -2.50. The highest BCUT2D eigenvalue weighted by molar-refractivity contribution is 8.44. The minimum atomic E-state index is -3.60. The van der Waals surface area contributed by atoms with Gasteiger partial charge in [0.05, 0.1) is 6.61 Å². The van der Waals surface area contributed by atoms with Crippen molar-refractivity contribution in [2.24, 2.45) is 0 Å². The Morgan fingerprint density at radius 2 is 1.94 bits per heavy atom. The van der Waals surface area contributed by atoms with E-state index in [9.17, 15) is 8.96 Å². The van der Waals surface area contributed by atoms with Gasteiger partial charge in [-0.15, -0.1) is 0 Å². The average molecular weight is 554 g/mol. The molecule has 2 aliphatic rings. The quantitative estimate of drug-likeness (QED) is 0.262. The predicted octanol–water partition coefficient (Wildman–Crippen LogP) is 4.96. The van der Waals surface area contributed by atoms with Crippen molar-refractivity contribution >= 4 is 44.3 Å². The maximum absolute atomic E-state index is 13.7. The van der Waals surface area contributed by atoms with Crippen molar-refractivity contribution in [2.75, 3.05) is 12.3 Å². The van der Waals surface area contributed by atoms with Crippen molar-refractivity contribution in [1.29, 1.82) is 0 Å². The first-order valence-electron chi connectivity index (χ1n) is 11.5. The number of thiol groups is 1. The Balaban J connectivity index is 1.69.